The van der Waals surface area contributed by atoms with Crippen molar-refractivity contribution in [1.29, 1.82) is 0 Å². The highest BCUT2D eigenvalue weighted by molar-refractivity contribution is 6.28. The van der Waals surface area contributed by atoms with Crippen molar-refractivity contribution in [3.05, 3.63) is 42.1 Å². The summed E-state index contributed by atoms with van der Waals surface area (Å²) in [6.07, 6.45) is 3.05. The van der Waals surface area contributed by atoms with E-state index in [4.69, 9.17) is 11.6 Å². The zero-order valence-electron chi connectivity index (χ0n) is 10.6. The van der Waals surface area contributed by atoms with E-state index < -0.39 is 0 Å². The van der Waals surface area contributed by atoms with Crippen LogP contribution in [0.15, 0.2) is 36.8 Å². The molecular weight excluding hydrogens is 290 g/mol. The van der Waals surface area contributed by atoms with Gasteiger partial charge in [0.2, 0.25) is 5.28 Å². The SMILES string of the molecule is Clc1nc(Nc2n[nH]c3ccccc23)c2cncnc2n1. The van der Waals surface area contributed by atoms with Gasteiger partial charge in [0.05, 0.1) is 10.9 Å². The van der Waals surface area contributed by atoms with E-state index in [2.05, 4.69) is 35.5 Å². The van der Waals surface area contributed by atoms with E-state index in [0.717, 1.165) is 10.9 Å². The van der Waals surface area contributed by atoms with Gasteiger partial charge in [-0.25, -0.2) is 9.97 Å². The number of hydrogen-bond donors (Lipinski definition) is 2. The molecule has 0 aliphatic rings. The molecule has 4 rings (SSSR count). The topological polar surface area (TPSA) is 92.3 Å². The van der Waals surface area contributed by atoms with Crippen LogP contribution in [0.4, 0.5) is 11.6 Å². The maximum Gasteiger partial charge on any atom is 0.226 e. The number of anilines is 2. The third-order valence-electron chi connectivity index (χ3n) is 3.06. The van der Waals surface area contributed by atoms with E-state index in [-0.39, 0.29) is 5.28 Å². The number of nitrogens with zero attached hydrogens (tertiary/aromatic N) is 5. The molecule has 0 unspecified atom stereocenters. The summed E-state index contributed by atoms with van der Waals surface area (Å²) in [5.74, 6) is 1.17. The summed E-state index contributed by atoms with van der Waals surface area (Å²) in [5, 5.41) is 12.1. The van der Waals surface area contributed by atoms with Crippen LogP contribution >= 0.6 is 11.6 Å². The van der Waals surface area contributed by atoms with Crippen LogP contribution in [0.5, 0.6) is 0 Å². The molecule has 0 bridgehead atoms. The molecule has 0 aliphatic heterocycles. The van der Waals surface area contributed by atoms with E-state index in [1.54, 1.807) is 6.20 Å². The van der Waals surface area contributed by atoms with Gasteiger partial charge in [-0.15, -0.1) is 0 Å². The lowest BCUT2D eigenvalue weighted by Crippen LogP contribution is -1.99. The molecule has 7 nitrogen and oxygen atoms in total. The first-order chi connectivity index (χ1) is 10.3. The number of benzene rings is 1. The van der Waals surface area contributed by atoms with Crippen molar-refractivity contribution < 1.29 is 0 Å². The van der Waals surface area contributed by atoms with Crippen LogP contribution in [0.2, 0.25) is 5.28 Å². The molecule has 4 aromatic rings. The number of fused-ring (bicyclic) bond motifs is 2. The lowest BCUT2D eigenvalue weighted by atomic mass is 10.2. The number of aromatic amines is 1. The number of hydrogen-bond acceptors (Lipinski definition) is 6. The Kier molecular flexibility index (Phi) is 2.65. The predicted molar refractivity (Wildman–Crippen MR) is 79.5 cm³/mol. The average Bonchev–Trinajstić information content (AvgIpc) is 2.90. The van der Waals surface area contributed by atoms with Crippen molar-refractivity contribution in [3.8, 4) is 0 Å². The Balaban J connectivity index is 1.87. The third kappa shape index (κ3) is 2.03. The maximum atomic E-state index is 5.93. The normalized spacial score (nSPS) is 11.1. The Morgan fingerprint density at radius 3 is 2.90 bits per heavy atom. The van der Waals surface area contributed by atoms with Crippen molar-refractivity contribution in [2.75, 3.05) is 5.32 Å². The maximum absolute atomic E-state index is 5.93. The second-order valence-corrected chi connectivity index (χ2v) is 4.68. The van der Waals surface area contributed by atoms with E-state index in [0.29, 0.717) is 22.7 Å². The largest absolute Gasteiger partial charge is 0.322 e. The van der Waals surface area contributed by atoms with Gasteiger partial charge in [-0.05, 0) is 23.7 Å². The Labute approximate surface area is 123 Å². The van der Waals surface area contributed by atoms with Gasteiger partial charge in [-0.2, -0.15) is 15.1 Å². The van der Waals surface area contributed by atoms with Gasteiger partial charge in [0.25, 0.3) is 0 Å². The van der Waals surface area contributed by atoms with Crippen LogP contribution in [-0.4, -0.2) is 30.1 Å². The molecule has 0 atom stereocenters. The van der Waals surface area contributed by atoms with E-state index in [1.807, 2.05) is 24.3 Å². The van der Waals surface area contributed by atoms with Crippen molar-refractivity contribution >= 4 is 45.2 Å². The minimum Gasteiger partial charge on any atom is -0.322 e. The molecule has 3 heterocycles. The first-order valence-corrected chi connectivity index (χ1v) is 6.52. The summed E-state index contributed by atoms with van der Waals surface area (Å²) in [7, 11) is 0. The van der Waals surface area contributed by atoms with E-state index in [1.165, 1.54) is 6.33 Å². The second kappa shape index (κ2) is 4.64. The second-order valence-electron chi connectivity index (χ2n) is 4.34. The number of halogens is 1. The highest BCUT2D eigenvalue weighted by Crippen LogP contribution is 2.26. The lowest BCUT2D eigenvalue weighted by molar-refractivity contribution is 1.10. The van der Waals surface area contributed by atoms with Gasteiger partial charge in [0.15, 0.2) is 11.5 Å². The molecule has 102 valence electrons. The summed E-state index contributed by atoms with van der Waals surface area (Å²) in [5.41, 5.74) is 1.41. The zero-order valence-corrected chi connectivity index (χ0v) is 11.3. The van der Waals surface area contributed by atoms with Crippen LogP contribution in [0, 0.1) is 0 Å². The predicted octanol–water partition coefficient (Wildman–Crippen LogP) is 2.69. The molecule has 21 heavy (non-hydrogen) atoms. The highest BCUT2D eigenvalue weighted by Gasteiger charge is 2.11. The summed E-state index contributed by atoms with van der Waals surface area (Å²) in [6.45, 7) is 0. The molecule has 8 heteroatoms. The van der Waals surface area contributed by atoms with Crippen LogP contribution in [0.1, 0.15) is 0 Å². The number of rotatable bonds is 2. The molecule has 0 fully saturated rings. The summed E-state index contributed by atoms with van der Waals surface area (Å²) in [6, 6.07) is 7.79. The van der Waals surface area contributed by atoms with Crippen LogP contribution in [-0.2, 0) is 0 Å². The molecule has 0 aliphatic carbocycles. The number of aromatic nitrogens is 6. The van der Waals surface area contributed by atoms with Crippen LogP contribution < -0.4 is 5.32 Å². The van der Waals surface area contributed by atoms with Gasteiger partial charge in [-0.3, -0.25) is 5.10 Å². The van der Waals surface area contributed by atoms with Gasteiger partial charge in [0.1, 0.15) is 12.1 Å². The lowest BCUT2D eigenvalue weighted by Gasteiger charge is -2.06. The Morgan fingerprint density at radius 1 is 1.05 bits per heavy atom. The van der Waals surface area contributed by atoms with E-state index >= 15 is 0 Å². The summed E-state index contributed by atoms with van der Waals surface area (Å²) < 4.78 is 0. The fourth-order valence-corrected chi connectivity index (χ4v) is 2.27. The fraction of sp³-hybridized carbons (Fsp3) is 0. The minimum atomic E-state index is 0.114. The third-order valence-corrected chi connectivity index (χ3v) is 3.22. The first-order valence-electron chi connectivity index (χ1n) is 6.14. The Bertz CT molecular complexity index is 949. The standard InChI is InChI=1S/C13H8ClN7/c14-13-18-10-8(5-15-6-16-10)11(19-13)17-12-7-3-1-2-4-9(7)20-21-12/h1-6H,(H2,15,16,17,18,19,20,21). The Morgan fingerprint density at radius 2 is 1.95 bits per heavy atom. The Hall–Kier alpha value is -2.80. The number of nitrogens with one attached hydrogen (secondary N) is 2. The van der Waals surface area contributed by atoms with Gasteiger partial charge in [-0.1, -0.05) is 12.1 Å². The number of para-hydroxylation sites is 1. The molecule has 0 saturated heterocycles. The van der Waals surface area contributed by atoms with E-state index in [9.17, 15) is 0 Å². The molecular formula is C13H8ClN7. The van der Waals surface area contributed by atoms with Crippen molar-refractivity contribution in [2.24, 2.45) is 0 Å². The monoisotopic (exact) mass is 297 g/mol. The minimum absolute atomic E-state index is 0.114. The molecule has 0 spiro atoms. The summed E-state index contributed by atoms with van der Waals surface area (Å²) in [4.78, 5) is 16.3. The van der Waals surface area contributed by atoms with Crippen molar-refractivity contribution in [3.63, 3.8) is 0 Å². The average molecular weight is 298 g/mol. The fourth-order valence-electron chi connectivity index (χ4n) is 2.11. The number of H-pyrrole nitrogens is 1. The van der Waals surface area contributed by atoms with Crippen molar-refractivity contribution in [1.82, 2.24) is 30.1 Å². The van der Waals surface area contributed by atoms with Crippen LogP contribution in [0.25, 0.3) is 21.9 Å². The molecule has 0 radical (unpaired) electrons. The molecule has 2 N–H and O–H groups in total. The van der Waals surface area contributed by atoms with Gasteiger partial charge in [0, 0.05) is 11.6 Å². The highest BCUT2D eigenvalue weighted by atomic mass is 35.5. The molecule has 0 amide bonds. The van der Waals surface area contributed by atoms with Crippen molar-refractivity contribution in [2.45, 2.75) is 0 Å². The molecule has 0 saturated carbocycles. The molecule has 3 aromatic heterocycles. The summed E-state index contributed by atoms with van der Waals surface area (Å²) >= 11 is 5.93. The quantitative estimate of drug-likeness (QED) is 0.553. The zero-order chi connectivity index (χ0) is 14.2. The van der Waals surface area contributed by atoms with Gasteiger partial charge >= 0.3 is 0 Å². The smallest absolute Gasteiger partial charge is 0.226 e. The van der Waals surface area contributed by atoms with Gasteiger partial charge < -0.3 is 5.32 Å². The first kappa shape index (κ1) is 12.0. The van der Waals surface area contributed by atoms with Crippen LogP contribution in [0.3, 0.4) is 0 Å². The molecule has 1 aromatic carbocycles.